The van der Waals surface area contributed by atoms with Crippen LogP contribution in [0.4, 0.5) is 5.13 Å². The third-order valence-electron chi connectivity index (χ3n) is 2.52. The minimum Gasteiger partial charge on any atom is -0.346 e. The molecule has 0 aliphatic carbocycles. The summed E-state index contributed by atoms with van der Waals surface area (Å²) in [6.45, 7) is 3.33. The molecular formula is C12H16N4S. The Morgan fingerprint density at radius 1 is 1.24 bits per heavy atom. The molecule has 90 valence electrons. The minimum absolute atomic E-state index is 0.589. The zero-order valence-electron chi connectivity index (χ0n) is 10.1. The molecule has 1 aromatic heterocycles. The molecule has 0 radical (unpaired) electrons. The smallest absolute Gasteiger partial charge is 0.205 e. The molecule has 1 heterocycles. The SMILES string of the molecule is Cc1nsc(N(C)Cc2ccc(CN)cc2)n1. The van der Waals surface area contributed by atoms with Crippen LogP contribution < -0.4 is 10.6 Å². The molecular weight excluding hydrogens is 232 g/mol. The Hall–Kier alpha value is -1.46. The molecule has 0 saturated carbocycles. The van der Waals surface area contributed by atoms with E-state index in [0.717, 1.165) is 23.1 Å². The van der Waals surface area contributed by atoms with Gasteiger partial charge in [-0.25, -0.2) is 4.98 Å². The summed E-state index contributed by atoms with van der Waals surface area (Å²) in [7, 11) is 2.02. The lowest BCUT2D eigenvalue weighted by Gasteiger charge is -2.15. The van der Waals surface area contributed by atoms with Crippen molar-refractivity contribution in [1.29, 1.82) is 0 Å². The van der Waals surface area contributed by atoms with Crippen LogP contribution in [-0.2, 0) is 13.1 Å². The van der Waals surface area contributed by atoms with Crippen molar-refractivity contribution in [2.75, 3.05) is 11.9 Å². The van der Waals surface area contributed by atoms with Gasteiger partial charge in [-0.3, -0.25) is 0 Å². The molecule has 4 nitrogen and oxygen atoms in total. The van der Waals surface area contributed by atoms with Gasteiger partial charge in [0.2, 0.25) is 5.13 Å². The molecule has 0 bridgehead atoms. The third kappa shape index (κ3) is 3.01. The van der Waals surface area contributed by atoms with Crippen LogP contribution in [0.1, 0.15) is 17.0 Å². The van der Waals surface area contributed by atoms with E-state index < -0.39 is 0 Å². The first-order valence-electron chi connectivity index (χ1n) is 5.48. The molecule has 0 saturated heterocycles. The largest absolute Gasteiger partial charge is 0.346 e. The van der Waals surface area contributed by atoms with Gasteiger partial charge in [-0.15, -0.1) is 0 Å². The van der Waals surface area contributed by atoms with Crippen LogP contribution in [0, 0.1) is 6.92 Å². The van der Waals surface area contributed by atoms with Gasteiger partial charge >= 0.3 is 0 Å². The number of hydrogen-bond donors (Lipinski definition) is 1. The Bertz CT molecular complexity index is 478. The van der Waals surface area contributed by atoms with E-state index >= 15 is 0 Å². The van der Waals surface area contributed by atoms with E-state index in [-0.39, 0.29) is 0 Å². The summed E-state index contributed by atoms with van der Waals surface area (Å²) >= 11 is 1.43. The summed E-state index contributed by atoms with van der Waals surface area (Å²) < 4.78 is 4.18. The zero-order chi connectivity index (χ0) is 12.3. The number of aromatic nitrogens is 2. The van der Waals surface area contributed by atoms with E-state index in [1.807, 2.05) is 14.0 Å². The van der Waals surface area contributed by atoms with Crippen molar-refractivity contribution >= 4 is 16.7 Å². The molecule has 2 N–H and O–H groups in total. The summed E-state index contributed by atoms with van der Waals surface area (Å²) in [5.74, 6) is 0.829. The highest BCUT2D eigenvalue weighted by Crippen LogP contribution is 2.17. The summed E-state index contributed by atoms with van der Waals surface area (Å²) in [5.41, 5.74) is 7.97. The molecule has 17 heavy (non-hydrogen) atoms. The summed E-state index contributed by atoms with van der Waals surface area (Å²) in [6.07, 6.45) is 0. The van der Waals surface area contributed by atoms with Crippen molar-refractivity contribution in [2.45, 2.75) is 20.0 Å². The van der Waals surface area contributed by atoms with E-state index in [9.17, 15) is 0 Å². The van der Waals surface area contributed by atoms with Gasteiger partial charge in [-0.2, -0.15) is 4.37 Å². The van der Waals surface area contributed by atoms with Gasteiger partial charge in [0.15, 0.2) is 0 Å². The maximum atomic E-state index is 5.57. The Labute approximate surface area is 105 Å². The molecule has 0 aliphatic rings. The van der Waals surface area contributed by atoms with Gasteiger partial charge in [-0.1, -0.05) is 24.3 Å². The van der Waals surface area contributed by atoms with Crippen molar-refractivity contribution in [2.24, 2.45) is 5.73 Å². The van der Waals surface area contributed by atoms with Gasteiger partial charge in [0.05, 0.1) is 0 Å². The van der Waals surface area contributed by atoms with Gasteiger partial charge in [-0.05, 0) is 18.1 Å². The van der Waals surface area contributed by atoms with Crippen LogP contribution in [0.2, 0.25) is 0 Å². The lowest BCUT2D eigenvalue weighted by molar-refractivity contribution is 0.907. The summed E-state index contributed by atoms with van der Waals surface area (Å²) in [4.78, 5) is 6.45. The molecule has 5 heteroatoms. The lowest BCUT2D eigenvalue weighted by atomic mass is 10.1. The van der Waals surface area contributed by atoms with E-state index in [4.69, 9.17) is 5.73 Å². The fourth-order valence-electron chi connectivity index (χ4n) is 1.56. The number of benzene rings is 1. The number of hydrogen-bond acceptors (Lipinski definition) is 5. The quantitative estimate of drug-likeness (QED) is 0.898. The monoisotopic (exact) mass is 248 g/mol. The number of aryl methyl sites for hydroxylation is 1. The fraction of sp³-hybridized carbons (Fsp3) is 0.333. The highest BCUT2D eigenvalue weighted by Gasteiger charge is 2.06. The molecule has 2 rings (SSSR count). The Morgan fingerprint density at radius 2 is 1.88 bits per heavy atom. The van der Waals surface area contributed by atoms with E-state index in [1.54, 1.807) is 0 Å². The predicted octanol–water partition coefficient (Wildman–Crippen LogP) is 1.94. The van der Waals surface area contributed by atoms with Crippen LogP contribution >= 0.6 is 11.5 Å². The summed E-state index contributed by atoms with van der Waals surface area (Å²) in [6, 6.07) is 8.34. The number of nitrogens with two attached hydrogens (primary N) is 1. The van der Waals surface area contributed by atoms with E-state index in [2.05, 4.69) is 38.5 Å². The van der Waals surface area contributed by atoms with Gasteiger partial charge in [0, 0.05) is 31.7 Å². The van der Waals surface area contributed by atoms with Crippen LogP contribution in [-0.4, -0.2) is 16.4 Å². The second-order valence-electron chi connectivity index (χ2n) is 4.00. The molecule has 1 aromatic carbocycles. The van der Waals surface area contributed by atoms with Crippen LogP contribution in [0.5, 0.6) is 0 Å². The highest BCUT2D eigenvalue weighted by molar-refractivity contribution is 7.09. The van der Waals surface area contributed by atoms with E-state index in [1.165, 1.54) is 17.1 Å². The minimum atomic E-state index is 0.589. The van der Waals surface area contributed by atoms with Gasteiger partial charge < -0.3 is 10.6 Å². The van der Waals surface area contributed by atoms with Crippen LogP contribution in [0.3, 0.4) is 0 Å². The van der Waals surface area contributed by atoms with E-state index in [0.29, 0.717) is 6.54 Å². The number of rotatable bonds is 4. The fourth-order valence-corrected chi connectivity index (χ4v) is 2.19. The maximum absolute atomic E-state index is 5.57. The topological polar surface area (TPSA) is 55.0 Å². The predicted molar refractivity (Wildman–Crippen MR) is 71.1 cm³/mol. The molecule has 0 atom stereocenters. The maximum Gasteiger partial charge on any atom is 0.205 e. The van der Waals surface area contributed by atoms with Crippen molar-refractivity contribution < 1.29 is 0 Å². The van der Waals surface area contributed by atoms with Crippen molar-refractivity contribution in [3.05, 3.63) is 41.2 Å². The molecule has 0 unspecified atom stereocenters. The molecule has 0 amide bonds. The molecule has 2 aromatic rings. The highest BCUT2D eigenvalue weighted by atomic mass is 32.1. The average molecular weight is 248 g/mol. The number of nitrogens with zero attached hydrogens (tertiary/aromatic N) is 3. The first kappa shape index (κ1) is 12.0. The molecule has 0 aliphatic heterocycles. The zero-order valence-corrected chi connectivity index (χ0v) is 10.9. The average Bonchev–Trinajstić information content (AvgIpc) is 2.77. The van der Waals surface area contributed by atoms with Crippen molar-refractivity contribution in [3.8, 4) is 0 Å². The first-order valence-corrected chi connectivity index (χ1v) is 6.25. The first-order chi connectivity index (χ1) is 8.19. The Kier molecular flexibility index (Phi) is 3.71. The standard InChI is InChI=1S/C12H16N4S/c1-9-14-12(17-15-9)16(2)8-11-5-3-10(7-13)4-6-11/h3-6H,7-8,13H2,1-2H3. The normalized spacial score (nSPS) is 10.5. The van der Waals surface area contributed by atoms with Gasteiger partial charge in [0.1, 0.15) is 5.82 Å². The van der Waals surface area contributed by atoms with Crippen LogP contribution in [0.25, 0.3) is 0 Å². The van der Waals surface area contributed by atoms with Crippen LogP contribution in [0.15, 0.2) is 24.3 Å². The second kappa shape index (κ2) is 5.25. The van der Waals surface area contributed by atoms with Gasteiger partial charge in [0.25, 0.3) is 0 Å². The second-order valence-corrected chi connectivity index (χ2v) is 4.73. The number of anilines is 1. The Morgan fingerprint density at radius 3 is 2.41 bits per heavy atom. The molecule has 0 fully saturated rings. The Balaban J connectivity index is 2.04. The third-order valence-corrected chi connectivity index (χ3v) is 3.44. The molecule has 0 spiro atoms. The van der Waals surface area contributed by atoms with Crippen molar-refractivity contribution in [3.63, 3.8) is 0 Å². The summed E-state index contributed by atoms with van der Waals surface area (Å²) in [5, 5.41) is 0.949. The van der Waals surface area contributed by atoms with Crippen molar-refractivity contribution in [1.82, 2.24) is 9.36 Å². The lowest BCUT2D eigenvalue weighted by Crippen LogP contribution is -2.16.